The lowest BCUT2D eigenvalue weighted by Gasteiger charge is -2.14. The van der Waals surface area contributed by atoms with Crippen molar-refractivity contribution >= 4 is 26.8 Å². The molecule has 3 aromatic carbocycles. The van der Waals surface area contributed by atoms with E-state index in [0.29, 0.717) is 29.9 Å². The molecule has 1 heterocycles. The zero-order valence-electron chi connectivity index (χ0n) is 17.3. The third-order valence-electron chi connectivity index (χ3n) is 5.07. The van der Waals surface area contributed by atoms with Crippen LogP contribution in [0.4, 0.5) is 0 Å². The van der Waals surface area contributed by atoms with Gasteiger partial charge in [0.2, 0.25) is 0 Å². The first-order valence-electron chi connectivity index (χ1n) is 10.2. The number of nitrogens with zero attached hydrogens (tertiary/aromatic N) is 2. The summed E-state index contributed by atoms with van der Waals surface area (Å²) in [5.74, 6) is 2.27. The number of ether oxygens (including phenoxy) is 2. The summed E-state index contributed by atoms with van der Waals surface area (Å²) in [6, 6.07) is 22.9. The van der Waals surface area contributed by atoms with Crippen molar-refractivity contribution in [3.63, 3.8) is 0 Å². The molecule has 0 spiro atoms. The minimum atomic E-state index is -0.0229. The molecule has 0 saturated carbocycles. The van der Waals surface area contributed by atoms with E-state index in [9.17, 15) is 4.79 Å². The summed E-state index contributed by atoms with van der Waals surface area (Å²) in [7, 11) is 1.63. The number of hydrogen-bond donors (Lipinski definition) is 0. The third kappa shape index (κ3) is 4.97. The first kappa shape index (κ1) is 21.1. The number of fused-ring (bicyclic) bond motifs is 1. The lowest BCUT2D eigenvalue weighted by molar-refractivity contribution is 0.303. The summed E-state index contributed by atoms with van der Waals surface area (Å²) >= 11 is 3.42. The van der Waals surface area contributed by atoms with Gasteiger partial charge in [0, 0.05) is 16.6 Å². The number of halogens is 1. The SMILES string of the molecule is COc1ccc(-c2nc3ccccc3c(=O)n2CCCCOc2ccc(Br)cc2)cc1. The first-order chi connectivity index (χ1) is 15.2. The molecule has 6 heteroatoms. The molecule has 0 radical (unpaired) electrons. The smallest absolute Gasteiger partial charge is 0.261 e. The van der Waals surface area contributed by atoms with E-state index in [4.69, 9.17) is 14.5 Å². The van der Waals surface area contributed by atoms with E-state index in [1.165, 1.54) is 0 Å². The van der Waals surface area contributed by atoms with Gasteiger partial charge in [0.05, 0.1) is 24.6 Å². The Morgan fingerprint density at radius 1 is 0.903 bits per heavy atom. The summed E-state index contributed by atoms with van der Waals surface area (Å²) < 4.78 is 13.9. The second kappa shape index (κ2) is 9.79. The van der Waals surface area contributed by atoms with E-state index in [2.05, 4.69) is 15.9 Å². The Kier molecular flexibility index (Phi) is 6.67. The summed E-state index contributed by atoms with van der Waals surface area (Å²) in [4.78, 5) is 18.0. The molecule has 0 N–H and O–H groups in total. The predicted molar refractivity (Wildman–Crippen MR) is 127 cm³/mol. The number of methoxy groups -OCH3 is 1. The molecule has 0 atom stereocenters. The molecule has 0 unspecified atom stereocenters. The lowest BCUT2D eigenvalue weighted by Crippen LogP contribution is -2.24. The molecule has 0 fully saturated rings. The molecule has 0 saturated heterocycles. The van der Waals surface area contributed by atoms with Gasteiger partial charge in [0.25, 0.3) is 5.56 Å². The zero-order chi connectivity index (χ0) is 21.6. The largest absolute Gasteiger partial charge is 0.497 e. The number of hydrogen-bond acceptors (Lipinski definition) is 4. The van der Waals surface area contributed by atoms with Crippen molar-refractivity contribution in [1.82, 2.24) is 9.55 Å². The van der Waals surface area contributed by atoms with Crippen LogP contribution in [0, 0.1) is 0 Å². The maximum atomic E-state index is 13.2. The van der Waals surface area contributed by atoms with E-state index >= 15 is 0 Å². The van der Waals surface area contributed by atoms with Crippen molar-refractivity contribution < 1.29 is 9.47 Å². The minimum absolute atomic E-state index is 0.0229. The second-order valence-corrected chi connectivity index (χ2v) is 8.06. The Labute approximate surface area is 189 Å². The highest BCUT2D eigenvalue weighted by molar-refractivity contribution is 9.10. The van der Waals surface area contributed by atoms with E-state index in [0.717, 1.165) is 34.4 Å². The molecule has 5 nitrogen and oxygen atoms in total. The molecule has 4 aromatic rings. The molecule has 0 aliphatic heterocycles. The second-order valence-electron chi connectivity index (χ2n) is 7.15. The van der Waals surface area contributed by atoms with Gasteiger partial charge in [-0.15, -0.1) is 0 Å². The van der Waals surface area contributed by atoms with Crippen LogP contribution in [0.15, 0.2) is 82.1 Å². The van der Waals surface area contributed by atoms with E-state index in [-0.39, 0.29) is 5.56 Å². The molecule has 0 aliphatic rings. The quantitative estimate of drug-likeness (QED) is 0.305. The number of rotatable bonds is 8. The van der Waals surface area contributed by atoms with Crippen LogP contribution in [-0.4, -0.2) is 23.3 Å². The van der Waals surface area contributed by atoms with Gasteiger partial charge in [-0.25, -0.2) is 4.98 Å². The average Bonchev–Trinajstić information content (AvgIpc) is 2.81. The molecule has 4 rings (SSSR count). The molecule has 0 amide bonds. The van der Waals surface area contributed by atoms with Crippen molar-refractivity contribution in [2.75, 3.05) is 13.7 Å². The van der Waals surface area contributed by atoms with Crippen LogP contribution < -0.4 is 15.0 Å². The fraction of sp³-hybridized carbons (Fsp3) is 0.200. The summed E-state index contributed by atoms with van der Waals surface area (Å²) in [5, 5.41) is 0.630. The molecule has 31 heavy (non-hydrogen) atoms. The predicted octanol–water partition coefficient (Wildman–Crippen LogP) is 5.69. The van der Waals surface area contributed by atoms with Gasteiger partial charge in [-0.1, -0.05) is 28.1 Å². The van der Waals surface area contributed by atoms with Crippen LogP contribution in [0.5, 0.6) is 11.5 Å². The Balaban J connectivity index is 1.54. The normalized spacial score (nSPS) is 10.9. The van der Waals surface area contributed by atoms with Gasteiger partial charge in [0.1, 0.15) is 17.3 Å². The lowest BCUT2D eigenvalue weighted by atomic mass is 10.1. The number of para-hydroxylation sites is 1. The van der Waals surface area contributed by atoms with E-state index in [1.807, 2.05) is 72.8 Å². The zero-order valence-corrected chi connectivity index (χ0v) is 18.8. The number of benzene rings is 3. The van der Waals surface area contributed by atoms with Gasteiger partial charge in [-0.05, 0) is 73.5 Å². The number of aromatic nitrogens is 2. The van der Waals surface area contributed by atoms with Crippen LogP contribution >= 0.6 is 15.9 Å². The van der Waals surface area contributed by atoms with Gasteiger partial charge in [-0.2, -0.15) is 0 Å². The Bertz CT molecular complexity index is 1220. The number of unbranched alkanes of at least 4 members (excludes halogenated alkanes) is 1. The Hall–Kier alpha value is -3.12. The average molecular weight is 479 g/mol. The van der Waals surface area contributed by atoms with Crippen LogP contribution in [0.3, 0.4) is 0 Å². The van der Waals surface area contributed by atoms with Gasteiger partial charge < -0.3 is 9.47 Å². The molecule has 158 valence electrons. The van der Waals surface area contributed by atoms with Gasteiger partial charge in [-0.3, -0.25) is 9.36 Å². The van der Waals surface area contributed by atoms with Crippen molar-refractivity contribution in [2.24, 2.45) is 0 Å². The summed E-state index contributed by atoms with van der Waals surface area (Å²) in [6.07, 6.45) is 1.64. The maximum absolute atomic E-state index is 13.2. The molecular formula is C25H23BrN2O3. The van der Waals surface area contributed by atoms with Crippen molar-refractivity contribution in [3.05, 3.63) is 87.6 Å². The fourth-order valence-corrected chi connectivity index (χ4v) is 3.69. The van der Waals surface area contributed by atoms with Crippen LogP contribution in [0.25, 0.3) is 22.3 Å². The minimum Gasteiger partial charge on any atom is -0.497 e. The van der Waals surface area contributed by atoms with Crippen LogP contribution in [0.2, 0.25) is 0 Å². The maximum Gasteiger partial charge on any atom is 0.261 e. The molecular weight excluding hydrogens is 456 g/mol. The Morgan fingerprint density at radius 3 is 2.35 bits per heavy atom. The highest BCUT2D eigenvalue weighted by Gasteiger charge is 2.12. The monoisotopic (exact) mass is 478 g/mol. The van der Waals surface area contributed by atoms with Crippen molar-refractivity contribution in [3.8, 4) is 22.9 Å². The van der Waals surface area contributed by atoms with Crippen LogP contribution in [0.1, 0.15) is 12.8 Å². The van der Waals surface area contributed by atoms with E-state index < -0.39 is 0 Å². The molecule has 1 aromatic heterocycles. The fourth-order valence-electron chi connectivity index (χ4n) is 3.43. The van der Waals surface area contributed by atoms with Crippen LogP contribution in [-0.2, 0) is 6.54 Å². The third-order valence-corrected chi connectivity index (χ3v) is 5.60. The topological polar surface area (TPSA) is 53.3 Å². The summed E-state index contributed by atoms with van der Waals surface area (Å²) in [6.45, 7) is 1.16. The standard InChI is InChI=1S/C25H23BrN2O3/c1-30-20-12-8-18(9-13-20)24-27-23-7-3-2-6-22(23)25(29)28(24)16-4-5-17-31-21-14-10-19(26)11-15-21/h2-3,6-15H,4-5,16-17H2,1H3. The van der Waals surface area contributed by atoms with Crippen molar-refractivity contribution in [2.45, 2.75) is 19.4 Å². The van der Waals surface area contributed by atoms with Gasteiger partial charge in [0.15, 0.2) is 0 Å². The summed E-state index contributed by atoms with van der Waals surface area (Å²) in [5.41, 5.74) is 1.56. The molecule has 0 aliphatic carbocycles. The highest BCUT2D eigenvalue weighted by atomic mass is 79.9. The Morgan fingerprint density at radius 2 is 1.61 bits per heavy atom. The highest BCUT2D eigenvalue weighted by Crippen LogP contribution is 2.22. The van der Waals surface area contributed by atoms with Gasteiger partial charge >= 0.3 is 0 Å². The van der Waals surface area contributed by atoms with E-state index in [1.54, 1.807) is 11.7 Å². The first-order valence-corrected chi connectivity index (χ1v) is 11.0. The van der Waals surface area contributed by atoms with Crippen molar-refractivity contribution in [1.29, 1.82) is 0 Å². The molecule has 0 bridgehead atoms.